The highest BCUT2D eigenvalue weighted by Gasteiger charge is 2.46. The van der Waals surface area contributed by atoms with Gasteiger partial charge in [0.2, 0.25) is 0 Å². The Kier molecular flexibility index (Phi) is 7.03. The molecule has 0 spiro atoms. The number of nitrogens with zero attached hydrogens (tertiary/aromatic N) is 2. The zero-order valence-corrected chi connectivity index (χ0v) is 33.6. The molecule has 0 radical (unpaired) electrons. The molecule has 0 fully saturated rings. The minimum absolute atomic E-state index is 0.0515. The lowest BCUT2D eigenvalue weighted by molar-refractivity contribution is 0.403. The van der Waals surface area contributed by atoms with E-state index < -0.39 is 0 Å². The number of benzene rings is 5. The molecule has 3 aliphatic rings. The Labute approximate surface area is 315 Å². The van der Waals surface area contributed by atoms with Crippen LogP contribution in [-0.4, -0.2) is 6.71 Å². The summed E-state index contributed by atoms with van der Waals surface area (Å²) in [4.78, 5) is 5.15. The number of anilines is 6. The van der Waals surface area contributed by atoms with E-state index in [0.29, 0.717) is 0 Å². The van der Waals surface area contributed by atoms with E-state index in [1.54, 1.807) is 0 Å². The van der Waals surface area contributed by atoms with Crippen molar-refractivity contribution < 1.29 is 0 Å². The van der Waals surface area contributed by atoms with E-state index >= 15 is 0 Å². The summed E-state index contributed by atoms with van der Waals surface area (Å²) in [5, 5.41) is 2.74. The van der Waals surface area contributed by atoms with Gasteiger partial charge in [-0.25, -0.2) is 0 Å². The maximum atomic E-state index is 2.62. The number of hydrogen-bond acceptors (Lipinski definition) is 3. The van der Waals surface area contributed by atoms with Crippen LogP contribution in [0.25, 0.3) is 10.1 Å². The zero-order valence-electron chi connectivity index (χ0n) is 32.8. The van der Waals surface area contributed by atoms with Crippen molar-refractivity contribution in [2.45, 2.75) is 104 Å². The SMILES string of the molecule is Cc1ccc2c(c1)B1c3c(cccc3N(c3ccc4c(c3)C(C)(C)CC4(C)C)c3sc4ccc(C(C)(C)C)cc4c31)N2c1ccc(C(C)(C)C)cc1. The van der Waals surface area contributed by atoms with Crippen LogP contribution in [0.15, 0.2) is 97.1 Å². The van der Waals surface area contributed by atoms with Crippen LogP contribution < -0.4 is 26.2 Å². The first-order valence-electron chi connectivity index (χ1n) is 19.1. The standard InChI is InChI=1S/C48H51BN2S/c1-29-15-23-38-37(25-29)49-42-34-26-31(46(5,6)7)18-24-41(34)52-44(42)51(33-21-22-35-36(27-33)48(10,11)28-47(35,8)9)40-14-12-13-39(43(40)49)50(38)32-19-16-30(17-20-32)45(2,3)4/h12-27H,28H2,1-11H3. The lowest BCUT2D eigenvalue weighted by Crippen LogP contribution is -2.61. The largest absolute Gasteiger partial charge is 0.311 e. The quantitative estimate of drug-likeness (QED) is 0.166. The first-order valence-corrected chi connectivity index (χ1v) is 19.9. The summed E-state index contributed by atoms with van der Waals surface area (Å²) in [6.45, 7) is 25.9. The molecule has 1 aliphatic carbocycles. The molecule has 262 valence electrons. The average Bonchev–Trinajstić information content (AvgIpc) is 3.53. The van der Waals surface area contributed by atoms with Crippen molar-refractivity contribution in [3.05, 3.63) is 125 Å². The minimum atomic E-state index is 0.0515. The molecule has 0 unspecified atom stereocenters. The Morgan fingerprint density at radius 3 is 1.92 bits per heavy atom. The van der Waals surface area contributed by atoms with E-state index in [1.807, 2.05) is 11.3 Å². The lowest BCUT2D eigenvalue weighted by atomic mass is 9.33. The second-order valence-corrected chi connectivity index (χ2v) is 20.2. The number of hydrogen-bond donors (Lipinski definition) is 0. The van der Waals surface area contributed by atoms with Crippen molar-refractivity contribution in [2.75, 3.05) is 9.80 Å². The summed E-state index contributed by atoms with van der Waals surface area (Å²) < 4.78 is 1.36. The van der Waals surface area contributed by atoms with Gasteiger partial charge in [-0.05, 0) is 128 Å². The molecule has 0 amide bonds. The molecule has 3 heterocycles. The zero-order chi connectivity index (χ0) is 36.7. The second kappa shape index (κ2) is 10.9. The van der Waals surface area contributed by atoms with Gasteiger partial charge in [-0.2, -0.15) is 0 Å². The molecular formula is C48H51BN2S. The normalized spacial score (nSPS) is 16.9. The van der Waals surface area contributed by atoms with Gasteiger partial charge in [-0.3, -0.25) is 0 Å². The Morgan fingerprint density at radius 2 is 1.23 bits per heavy atom. The van der Waals surface area contributed by atoms with Gasteiger partial charge in [0, 0.05) is 33.1 Å². The first-order chi connectivity index (χ1) is 24.4. The number of thiophene rings is 1. The predicted molar refractivity (Wildman–Crippen MR) is 229 cm³/mol. The van der Waals surface area contributed by atoms with Gasteiger partial charge in [0.25, 0.3) is 6.71 Å². The number of aryl methyl sites for hydroxylation is 1. The van der Waals surface area contributed by atoms with E-state index in [9.17, 15) is 0 Å². The molecule has 0 saturated carbocycles. The maximum Gasteiger partial charge on any atom is 0.254 e. The Hall–Kier alpha value is -4.28. The Morgan fingerprint density at radius 1 is 0.596 bits per heavy atom. The maximum absolute atomic E-state index is 2.62. The summed E-state index contributed by atoms with van der Waals surface area (Å²) in [7, 11) is 0. The van der Waals surface area contributed by atoms with Crippen LogP contribution in [0, 0.1) is 6.92 Å². The van der Waals surface area contributed by atoms with Crippen LogP contribution in [0.5, 0.6) is 0 Å². The molecule has 5 aromatic carbocycles. The summed E-state index contributed by atoms with van der Waals surface area (Å²) in [5.41, 5.74) is 17.9. The number of rotatable bonds is 2. The van der Waals surface area contributed by atoms with Crippen LogP contribution >= 0.6 is 11.3 Å². The summed E-state index contributed by atoms with van der Waals surface area (Å²) >= 11 is 1.96. The van der Waals surface area contributed by atoms with Gasteiger partial charge >= 0.3 is 0 Å². The fourth-order valence-electron chi connectivity index (χ4n) is 9.81. The molecule has 0 atom stereocenters. The molecule has 4 heteroatoms. The van der Waals surface area contributed by atoms with Crippen molar-refractivity contribution >= 4 is 78.0 Å². The minimum Gasteiger partial charge on any atom is -0.311 e. The molecule has 1 aromatic heterocycles. The highest BCUT2D eigenvalue weighted by atomic mass is 32.1. The van der Waals surface area contributed by atoms with Gasteiger partial charge in [0.15, 0.2) is 0 Å². The summed E-state index contributed by atoms with van der Waals surface area (Å²) in [5.74, 6) is 0. The van der Waals surface area contributed by atoms with Gasteiger partial charge in [0.05, 0.1) is 5.00 Å². The van der Waals surface area contributed by atoms with Crippen molar-refractivity contribution in [1.29, 1.82) is 0 Å². The van der Waals surface area contributed by atoms with Gasteiger partial charge in [-0.1, -0.05) is 123 Å². The van der Waals surface area contributed by atoms with Gasteiger partial charge < -0.3 is 9.80 Å². The van der Waals surface area contributed by atoms with Crippen LogP contribution in [0.1, 0.15) is 103 Å². The summed E-state index contributed by atoms with van der Waals surface area (Å²) in [6.07, 6.45) is 1.16. The fourth-order valence-corrected chi connectivity index (χ4v) is 11.1. The molecule has 0 N–H and O–H groups in total. The average molecular weight is 699 g/mol. The monoisotopic (exact) mass is 698 g/mol. The molecule has 52 heavy (non-hydrogen) atoms. The predicted octanol–water partition coefficient (Wildman–Crippen LogP) is 11.8. The summed E-state index contributed by atoms with van der Waals surface area (Å²) in [6, 6.07) is 38.1. The molecule has 2 nitrogen and oxygen atoms in total. The molecular weight excluding hydrogens is 647 g/mol. The molecule has 0 saturated heterocycles. The van der Waals surface area contributed by atoms with Crippen LogP contribution in [0.3, 0.4) is 0 Å². The third-order valence-corrected chi connectivity index (χ3v) is 13.4. The lowest BCUT2D eigenvalue weighted by Gasteiger charge is -2.43. The third-order valence-electron chi connectivity index (χ3n) is 12.2. The van der Waals surface area contributed by atoms with Gasteiger partial charge in [-0.15, -0.1) is 11.3 Å². The van der Waals surface area contributed by atoms with Crippen LogP contribution in [-0.2, 0) is 21.7 Å². The molecule has 6 aromatic rings. The fraction of sp³-hybridized carbons (Fsp3) is 0.333. The first kappa shape index (κ1) is 33.6. The highest BCUT2D eigenvalue weighted by Crippen LogP contribution is 2.53. The van der Waals surface area contributed by atoms with Crippen molar-refractivity contribution in [3.63, 3.8) is 0 Å². The second-order valence-electron chi connectivity index (χ2n) is 19.1. The smallest absolute Gasteiger partial charge is 0.254 e. The molecule has 0 bridgehead atoms. The van der Waals surface area contributed by atoms with Crippen LogP contribution in [0.2, 0.25) is 0 Å². The Balaban J connectivity index is 1.36. The molecule has 2 aliphatic heterocycles. The van der Waals surface area contributed by atoms with Crippen LogP contribution in [0.4, 0.5) is 33.4 Å². The van der Waals surface area contributed by atoms with Gasteiger partial charge in [0.1, 0.15) is 0 Å². The van der Waals surface area contributed by atoms with E-state index in [4.69, 9.17) is 0 Å². The Bertz CT molecular complexity index is 2430. The topological polar surface area (TPSA) is 6.48 Å². The van der Waals surface area contributed by atoms with Crippen molar-refractivity contribution in [1.82, 2.24) is 0 Å². The van der Waals surface area contributed by atoms with Crippen molar-refractivity contribution in [3.8, 4) is 0 Å². The van der Waals surface area contributed by atoms with E-state index in [2.05, 4.69) is 183 Å². The third kappa shape index (κ3) is 4.89. The van der Waals surface area contributed by atoms with E-state index in [0.717, 1.165) is 6.42 Å². The van der Waals surface area contributed by atoms with Crippen molar-refractivity contribution in [2.24, 2.45) is 0 Å². The number of fused-ring (bicyclic) bond motifs is 7. The highest BCUT2D eigenvalue weighted by molar-refractivity contribution is 7.26. The van der Waals surface area contributed by atoms with E-state index in [-0.39, 0.29) is 28.4 Å². The molecule has 9 rings (SSSR count). The van der Waals surface area contributed by atoms with E-state index in [1.165, 1.54) is 87.7 Å².